The van der Waals surface area contributed by atoms with E-state index in [4.69, 9.17) is 4.42 Å². The molecule has 0 saturated heterocycles. The Labute approximate surface area is 132 Å². The van der Waals surface area contributed by atoms with Gasteiger partial charge in [0.1, 0.15) is 22.8 Å². The van der Waals surface area contributed by atoms with Crippen LogP contribution in [-0.4, -0.2) is 18.4 Å². The first-order valence-electron chi connectivity index (χ1n) is 6.63. The molecule has 0 unspecified atom stereocenters. The smallest absolute Gasteiger partial charge is 0.265 e. The highest BCUT2D eigenvalue weighted by atomic mass is 32.2. The van der Waals surface area contributed by atoms with Gasteiger partial charge in [0.25, 0.3) is 10.0 Å². The van der Waals surface area contributed by atoms with Crippen LogP contribution in [0.15, 0.2) is 64.6 Å². The van der Waals surface area contributed by atoms with Gasteiger partial charge in [-0.05, 0) is 23.8 Å². The lowest BCUT2D eigenvalue weighted by atomic mass is 10.1. The molecule has 8 heteroatoms. The minimum Gasteiger partial charge on any atom is -0.471 e. The Bertz CT molecular complexity index is 877. The van der Waals surface area contributed by atoms with Gasteiger partial charge >= 0.3 is 0 Å². The topological polar surface area (TPSA) is 85.1 Å². The maximum absolute atomic E-state index is 12.8. The van der Waals surface area contributed by atoms with E-state index in [2.05, 4.69) is 14.7 Å². The van der Waals surface area contributed by atoms with Gasteiger partial charge in [0.2, 0.25) is 0 Å². The Kier molecular flexibility index (Phi) is 4.07. The van der Waals surface area contributed by atoms with E-state index in [9.17, 15) is 12.8 Å². The summed E-state index contributed by atoms with van der Waals surface area (Å²) in [5, 5.41) is 0. The number of nitrogens with one attached hydrogen (secondary N) is 1. The number of aromatic nitrogens is 2. The first kappa shape index (κ1) is 15.2. The summed E-state index contributed by atoms with van der Waals surface area (Å²) in [5.41, 5.74) is 1.10. The lowest BCUT2D eigenvalue weighted by Gasteiger charge is -2.06. The van der Waals surface area contributed by atoms with E-state index >= 15 is 0 Å². The van der Waals surface area contributed by atoms with Crippen molar-refractivity contribution in [2.24, 2.45) is 0 Å². The fraction of sp³-hybridized carbons (Fsp3) is 0.0667. The van der Waals surface area contributed by atoms with Gasteiger partial charge in [-0.2, -0.15) is 0 Å². The first-order valence-corrected chi connectivity index (χ1v) is 8.12. The van der Waals surface area contributed by atoms with Gasteiger partial charge in [0, 0.05) is 6.42 Å². The van der Waals surface area contributed by atoms with Crippen LogP contribution in [0.1, 0.15) is 11.4 Å². The van der Waals surface area contributed by atoms with Gasteiger partial charge in [-0.15, -0.1) is 0 Å². The number of rotatable bonds is 5. The number of hydrogen-bond acceptors (Lipinski definition) is 5. The second-order valence-electron chi connectivity index (χ2n) is 4.76. The molecule has 2 heterocycles. The van der Waals surface area contributed by atoms with Crippen LogP contribution in [0.25, 0.3) is 0 Å². The Morgan fingerprint density at radius 2 is 1.78 bits per heavy atom. The second kappa shape index (κ2) is 6.17. The molecule has 0 atom stereocenters. The third kappa shape index (κ3) is 3.72. The third-order valence-corrected chi connectivity index (χ3v) is 4.40. The number of anilines is 1. The molecule has 0 spiro atoms. The van der Waals surface area contributed by atoms with Gasteiger partial charge in [0.05, 0.1) is 24.3 Å². The molecule has 1 N–H and O–H groups in total. The average molecular weight is 333 g/mol. The minimum absolute atomic E-state index is 0.0212. The van der Waals surface area contributed by atoms with Gasteiger partial charge in [-0.1, -0.05) is 12.1 Å². The lowest BCUT2D eigenvalue weighted by molar-refractivity contribution is 0.557. The van der Waals surface area contributed by atoms with Gasteiger partial charge in [-0.3, -0.25) is 4.72 Å². The maximum Gasteiger partial charge on any atom is 0.265 e. The van der Waals surface area contributed by atoms with Crippen LogP contribution in [0.3, 0.4) is 0 Å². The van der Waals surface area contributed by atoms with Gasteiger partial charge in [0.15, 0.2) is 0 Å². The third-order valence-electron chi connectivity index (χ3n) is 3.04. The summed E-state index contributed by atoms with van der Waals surface area (Å²) >= 11 is 0. The van der Waals surface area contributed by atoms with Crippen LogP contribution in [0.4, 0.5) is 10.1 Å². The predicted molar refractivity (Wildman–Crippen MR) is 80.8 cm³/mol. The minimum atomic E-state index is -3.71. The Hall–Kier alpha value is -2.74. The molecule has 0 aliphatic heterocycles. The van der Waals surface area contributed by atoms with Crippen molar-refractivity contribution in [1.82, 2.24) is 9.97 Å². The Morgan fingerprint density at radius 3 is 2.39 bits per heavy atom. The summed E-state index contributed by atoms with van der Waals surface area (Å²) < 4.78 is 44.0. The van der Waals surface area contributed by atoms with Crippen molar-refractivity contribution in [2.75, 3.05) is 4.72 Å². The monoisotopic (exact) mass is 333 g/mol. The zero-order valence-electron chi connectivity index (χ0n) is 11.8. The van der Waals surface area contributed by atoms with Crippen LogP contribution >= 0.6 is 0 Å². The highest BCUT2D eigenvalue weighted by Crippen LogP contribution is 2.15. The Morgan fingerprint density at radius 1 is 1.09 bits per heavy atom. The zero-order chi connectivity index (χ0) is 16.3. The van der Waals surface area contributed by atoms with Crippen molar-refractivity contribution in [3.05, 3.63) is 72.5 Å². The molecule has 23 heavy (non-hydrogen) atoms. The zero-order valence-corrected chi connectivity index (χ0v) is 12.6. The van der Waals surface area contributed by atoms with Gasteiger partial charge in [-0.25, -0.2) is 22.8 Å². The van der Waals surface area contributed by atoms with E-state index in [-0.39, 0.29) is 16.4 Å². The van der Waals surface area contributed by atoms with Crippen LogP contribution in [0.2, 0.25) is 0 Å². The van der Waals surface area contributed by atoms with E-state index in [0.29, 0.717) is 12.2 Å². The number of sulfonamides is 1. The molecule has 0 aliphatic carbocycles. The van der Waals surface area contributed by atoms with Crippen LogP contribution in [-0.2, 0) is 16.4 Å². The fourth-order valence-corrected chi connectivity index (χ4v) is 2.85. The largest absolute Gasteiger partial charge is 0.471 e. The molecule has 0 radical (unpaired) electrons. The molecule has 118 valence electrons. The summed E-state index contributed by atoms with van der Waals surface area (Å²) in [6, 6.07) is 7.36. The van der Waals surface area contributed by atoms with Crippen molar-refractivity contribution in [1.29, 1.82) is 0 Å². The van der Waals surface area contributed by atoms with Crippen molar-refractivity contribution < 1.29 is 17.2 Å². The molecule has 0 saturated carbocycles. The maximum atomic E-state index is 12.8. The first-order chi connectivity index (χ1) is 11.0. The summed E-state index contributed by atoms with van der Waals surface area (Å²) in [6.45, 7) is 0. The van der Waals surface area contributed by atoms with Crippen molar-refractivity contribution in [2.45, 2.75) is 11.3 Å². The van der Waals surface area contributed by atoms with Crippen molar-refractivity contribution in [3.8, 4) is 0 Å². The van der Waals surface area contributed by atoms with Crippen molar-refractivity contribution in [3.63, 3.8) is 0 Å². The van der Waals surface area contributed by atoms with Crippen LogP contribution in [0, 0.1) is 5.82 Å². The van der Waals surface area contributed by atoms with E-state index < -0.39 is 10.0 Å². The molecule has 0 fully saturated rings. The summed E-state index contributed by atoms with van der Waals surface area (Å²) in [4.78, 5) is 8.23. The highest BCUT2D eigenvalue weighted by molar-refractivity contribution is 7.92. The van der Waals surface area contributed by atoms with Gasteiger partial charge < -0.3 is 4.42 Å². The number of hydrogen-bond donors (Lipinski definition) is 1. The van der Waals surface area contributed by atoms with E-state index in [1.165, 1.54) is 36.9 Å². The number of benzene rings is 1. The number of halogens is 1. The molecule has 3 aromatic rings. The normalized spacial score (nSPS) is 11.3. The standard InChI is InChI=1S/C15H12FN3O3S/c16-12-3-1-11(2-4-12)7-15-17-8-13(9-18-15)19-23(20,21)14-5-6-22-10-14/h1-6,8-10,19H,7H2. The quantitative estimate of drug-likeness (QED) is 0.776. The molecule has 2 aromatic heterocycles. The predicted octanol–water partition coefficient (Wildman–Crippen LogP) is 2.60. The molecule has 6 nitrogen and oxygen atoms in total. The number of nitrogens with zero attached hydrogens (tertiary/aromatic N) is 2. The molecular formula is C15H12FN3O3S. The Balaban J connectivity index is 1.71. The molecular weight excluding hydrogens is 321 g/mol. The molecule has 0 amide bonds. The molecule has 0 bridgehead atoms. The van der Waals surface area contributed by atoms with E-state index in [1.807, 2.05) is 0 Å². The molecule has 1 aromatic carbocycles. The second-order valence-corrected chi connectivity index (χ2v) is 6.44. The highest BCUT2D eigenvalue weighted by Gasteiger charge is 2.15. The SMILES string of the molecule is O=S(=O)(Nc1cnc(Cc2ccc(F)cc2)nc1)c1ccoc1. The number of furan rings is 1. The van der Waals surface area contributed by atoms with E-state index in [1.54, 1.807) is 12.1 Å². The summed E-state index contributed by atoms with van der Waals surface area (Å²) in [6.07, 6.45) is 5.59. The average Bonchev–Trinajstić information content (AvgIpc) is 3.07. The lowest BCUT2D eigenvalue weighted by Crippen LogP contribution is -2.12. The summed E-state index contributed by atoms with van der Waals surface area (Å²) in [7, 11) is -3.71. The van der Waals surface area contributed by atoms with E-state index in [0.717, 1.165) is 11.8 Å². The van der Waals surface area contributed by atoms with Crippen LogP contribution in [0.5, 0.6) is 0 Å². The van der Waals surface area contributed by atoms with Crippen molar-refractivity contribution >= 4 is 15.7 Å². The molecule has 0 aliphatic rings. The summed E-state index contributed by atoms with van der Waals surface area (Å²) in [5.74, 6) is 0.196. The molecule has 3 rings (SSSR count). The van der Waals surface area contributed by atoms with Crippen LogP contribution < -0.4 is 4.72 Å². The fourth-order valence-electron chi connectivity index (χ4n) is 1.90.